The van der Waals surface area contributed by atoms with E-state index in [9.17, 15) is 9.18 Å². The summed E-state index contributed by atoms with van der Waals surface area (Å²) in [5.41, 5.74) is 4.42. The molecule has 1 aliphatic rings. The minimum absolute atomic E-state index is 0.204. The lowest BCUT2D eigenvalue weighted by Crippen LogP contribution is -2.29. The summed E-state index contributed by atoms with van der Waals surface area (Å²) >= 11 is 0. The van der Waals surface area contributed by atoms with Crippen LogP contribution in [0.4, 0.5) is 4.39 Å². The zero-order chi connectivity index (χ0) is 19.1. The van der Waals surface area contributed by atoms with E-state index in [-0.39, 0.29) is 11.9 Å². The van der Waals surface area contributed by atoms with E-state index in [2.05, 4.69) is 37.9 Å². The van der Waals surface area contributed by atoms with Gasteiger partial charge in [0.15, 0.2) is 0 Å². The minimum atomic E-state index is -0.723. The number of benzene rings is 2. The standard InChI is InChI=1S/C16H15F.C6H11NO2/c1-3-12(2)13-4-6-14(7-5-13)15-8-10-16(17)11-9-15;1-4-2-5(6(8)9)7-3-4/h4-11H,2-3H2,1H3;4-5,7H,2-3H2,1H3,(H,8,9). The third-order valence-electron chi connectivity index (χ3n) is 4.55. The summed E-state index contributed by atoms with van der Waals surface area (Å²) in [7, 11) is 0. The average Bonchev–Trinajstić information content (AvgIpc) is 3.09. The molecule has 0 radical (unpaired) electrons. The molecular weight excluding hydrogens is 329 g/mol. The molecule has 138 valence electrons. The molecule has 4 heteroatoms. The van der Waals surface area contributed by atoms with Crippen LogP contribution in [0, 0.1) is 11.7 Å². The fourth-order valence-electron chi connectivity index (χ4n) is 2.85. The average molecular weight is 355 g/mol. The highest BCUT2D eigenvalue weighted by Crippen LogP contribution is 2.23. The number of hydrogen-bond donors (Lipinski definition) is 2. The van der Waals surface area contributed by atoms with Crippen LogP contribution in [-0.2, 0) is 4.79 Å². The summed E-state index contributed by atoms with van der Waals surface area (Å²) in [6.45, 7) is 9.00. The minimum Gasteiger partial charge on any atom is -0.480 e. The second-order valence-corrected chi connectivity index (χ2v) is 6.68. The monoisotopic (exact) mass is 355 g/mol. The molecule has 1 saturated heterocycles. The van der Waals surface area contributed by atoms with Gasteiger partial charge in [-0.1, -0.05) is 56.8 Å². The van der Waals surface area contributed by atoms with Crippen molar-refractivity contribution in [2.24, 2.45) is 5.92 Å². The zero-order valence-corrected chi connectivity index (χ0v) is 15.3. The molecule has 2 unspecified atom stereocenters. The van der Waals surface area contributed by atoms with Crippen LogP contribution in [0.15, 0.2) is 55.1 Å². The van der Waals surface area contributed by atoms with Gasteiger partial charge in [-0.05, 0) is 59.7 Å². The van der Waals surface area contributed by atoms with E-state index in [4.69, 9.17) is 5.11 Å². The SMILES string of the molecule is C=C(CC)c1ccc(-c2ccc(F)cc2)cc1.CC1CNC(C(=O)O)C1. The Hall–Kier alpha value is -2.46. The second kappa shape index (κ2) is 9.30. The van der Waals surface area contributed by atoms with Crippen LogP contribution in [0.5, 0.6) is 0 Å². The maximum absolute atomic E-state index is 12.8. The summed E-state index contributed by atoms with van der Waals surface area (Å²) in [5, 5.41) is 11.4. The molecule has 26 heavy (non-hydrogen) atoms. The predicted molar refractivity (Wildman–Crippen MR) is 104 cm³/mol. The number of carboxylic acids is 1. The van der Waals surface area contributed by atoms with E-state index in [0.29, 0.717) is 5.92 Å². The highest BCUT2D eigenvalue weighted by molar-refractivity contribution is 5.73. The van der Waals surface area contributed by atoms with Crippen molar-refractivity contribution >= 4 is 11.5 Å². The number of aliphatic carboxylic acids is 1. The first-order valence-electron chi connectivity index (χ1n) is 8.91. The predicted octanol–water partition coefficient (Wildman–Crippen LogP) is 4.98. The van der Waals surface area contributed by atoms with Crippen LogP contribution in [-0.4, -0.2) is 23.7 Å². The van der Waals surface area contributed by atoms with E-state index in [1.165, 1.54) is 17.7 Å². The highest BCUT2D eigenvalue weighted by Gasteiger charge is 2.25. The number of rotatable bonds is 4. The third kappa shape index (κ3) is 5.53. The van der Waals surface area contributed by atoms with E-state index in [1.54, 1.807) is 12.1 Å². The first-order chi connectivity index (χ1) is 12.4. The van der Waals surface area contributed by atoms with Crippen molar-refractivity contribution < 1.29 is 14.3 Å². The molecule has 2 aromatic rings. The Kier molecular flexibility index (Phi) is 7.10. The third-order valence-corrected chi connectivity index (χ3v) is 4.55. The summed E-state index contributed by atoms with van der Waals surface area (Å²) in [5.74, 6) is -0.407. The van der Waals surface area contributed by atoms with E-state index >= 15 is 0 Å². The molecule has 0 aliphatic carbocycles. The fraction of sp³-hybridized carbons (Fsp3) is 0.318. The molecule has 1 heterocycles. The van der Waals surface area contributed by atoms with Gasteiger partial charge in [0.2, 0.25) is 0 Å². The molecular formula is C22H26FNO2. The van der Waals surface area contributed by atoms with Gasteiger partial charge in [-0.2, -0.15) is 0 Å². The van der Waals surface area contributed by atoms with Gasteiger partial charge in [-0.25, -0.2) is 4.39 Å². The fourth-order valence-corrected chi connectivity index (χ4v) is 2.85. The highest BCUT2D eigenvalue weighted by atomic mass is 19.1. The number of carbonyl (C=O) groups is 1. The Balaban J connectivity index is 0.000000228. The molecule has 0 saturated carbocycles. The van der Waals surface area contributed by atoms with Crippen LogP contribution in [0.3, 0.4) is 0 Å². The van der Waals surface area contributed by atoms with Crippen molar-refractivity contribution in [3.8, 4) is 11.1 Å². The van der Waals surface area contributed by atoms with Crippen LogP contribution in [0.1, 0.15) is 32.3 Å². The Labute approximate surface area is 154 Å². The quantitative estimate of drug-likeness (QED) is 0.813. The zero-order valence-electron chi connectivity index (χ0n) is 15.3. The van der Waals surface area contributed by atoms with Crippen molar-refractivity contribution in [1.29, 1.82) is 0 Å². The van der Waals surface area contributed by atoms with E-state index in [1.807, 2.05) is 12.1 Å². The number of carboxylic acid groups (broad SMARTS) is 1. The smallest absolute Gasteiger partial charge is 0.320 e. The van der Waals surface area contributed by atoms with E-state index in [0.717, 1.165) is 36.1 Å². The van der Waals surface area contributed by atoms with Gasteiger partial charge < -0.3 is 10.4 Å². The summed E-state index contributed by atoms with van der Waals surface area (Å²) in [6, 6.07) is 14.5. The van der Waals surface area contributed by atoms with Crippen LogP contribution < -0.4 is 5.32 Å². The lowest BCUT2D eigenvalue weighted by Gasteiger charge is -2.05. The Bertz CT molecular complexity index is 738. The largest absolute Gasteiger partial charge is 0.480 e. The number of allylic oxidation sites excluding steroid dienone is 1. The summed E-state index contributed by atoms with van der Waals surface area (Å²) in [4.78, 5) is 10.3. The normalized spacial score (nSPS) is 18.7. The van der Waals surface area contributed by atoms with Gasteiger partial charge in [-0.3, -0.25) is 4.79 Å². The second-order valence-electron chi connectivity index (χ2n) is 6.68. The van der Waals surface area contributed by atoms with Gasteiger partial charge >= 0.3 is 5.97 Å². The Morgan fingerprint density at radius 1 is 1.15 bits per heavy atom. The molecule has 2 atom stereocenters. The van der Waals surface area contributed by atoms with Crippen LogP contribution >= 0.6 is 0 Å². The van der Waals surface area contributed by atoms with Gasteiger partial charge in [-0.15, -0.1) is 0 Å². The number of halogens is 1. The maximum atomic E-state index is 12.8. The van der Waals surface area contributed by atoms with Crippen LogP contribution in [0.2, 0.25) is 0 Å². The van der Waals surface area contributed by atoms with Gasteiger partial charge in [0.05, 0.1) is 0 Å². The molecule has 0 aromatic heterocycles. The number of hydrogen-bond acceptors (Lipinski definition) is 2. The molecule has 0 amide bonds. The lowest BCUT2D eigenvalue weighted by atomic mass is 10.0. The van der Waals surface area contributed by atoms with Gasteiger partial charge in [0.1, 0.15) is 11.9 Å². The first-order valence-corrected chi connectivity index (χ1v) is 8.91. The molecule has 3 rings (SSSR count). The number of nitrogens with one attached hydrogen (secondary N) is 1. The van der Waals surface area contributed by atoms with Crippen molar-refractivity contribution in [2.45, 2.75) is 32.7 Å². The first kappa shape index (κ1) is 19.9. The van der Waals surface area contributed by atoms with Crippen LogP contribution in [0.25, 0.3) is 16.7 Å². The van der Waals surface area contributed by atoms with Crippen molar-refractivity contribution in [2.75, 3.05) is 6.54 Å². The molecule has 2 N–H and O–H groups in total. The van der Waals surface area contributed by atoms with E-state index < -0.39 is 5.97 Å². The summed E-state index contributed by atoms with van der Waals surface area (Å²) in [6.07, 6.45) is 1.73. The molecule has 3 nitrogen and oxygen atoms in total. The Morgan fingerprint density at radius 3 is 2.08 bits per heavy atom. The molecule has 0 bridgehead atoms. The topological polar surface area (TPSA) is 49.3 Å². The maximum Gasteiger partial charge on any atom is 0.320 e. The van der Waals surface area contributed by atoms with Crippen molar-refractivity contribution in [3.63, 3.8) is 0 Å². The Morgan fingerprint density at radius 2 is 1.69 bits per heavy atom. The van der Waals surface area contributed by atoms with Gasteiger partial charge in [0.25, 0.3) is 0 Å². The summed E-state index contributed by atoms with van der Waals surface area (Å²) < 4.78 is 12.8. The molecule has 0 spiro atoms. The molecule has 1 aliphatic heterocycles. The van der Waals surface area contributed by atoms with Crippen molar-refractivity contribution in [3.05, 3.63) is 66.5 Å². The van der Waals surface area contributed by atoms with Crippen molar-refractivity contribution in [1.82, 2.24) is 5.32 Å². The lowest BCUT2D eigenvalue weighted by molar-refractivity contribution is -0.139. The molecule has 1 fully saturated rings. The molecule has 2 aromatic carbocycles. The van der Waals surface area contributed by atoms with Gasteiger partial charge in [0, 0.05) is 0 Å².